The van der Waals surface area contributed by atoms with Crippen LogP contribution in [0.25, 0.3) is 22.4 Å². The van der Waals surface area contributed by atoms with Crippen LogP contribution in [0, 0.1) is 13.8 Å². The summed E-state index contributed by atoms with van der Waals surface area (Å²) in [6.07, 6.45) is 0.707. The molecule has 1 heterocycles. The van der Waals surface area contributed by atoms with E-state index in [9.17, 15) is 5.11 Å². The first-order chi connectivity index (χ1) is 10.6. The van der Waals surface area contributed by atoms with Gasteiger partial charge in [0.25, 0.3) is 0 Å². The molecule has 114 valence electrons. The molecule has 0 amide bonds. The monoisotopic (exact) mass is 314 g/mol. The average Bonchev–Trinajstić information content (AvgIpc) is 2.84. The van der Waals surface area contributed by atoms with E-state index in [2.05, 4.69) is 30.5 Å². The van der Waals surface area contributed by atoms with Crippen molar-refractivity contribution in [2.24, 2.45) is 0 Å². The average molecular weight is 315 g/mol. The molecule has 0 saturated heterocycles. The van der Waals surface area contributed by atoms with Crippen molar-refractivity contribution in [2.45, 2.75) is 26.8 Å². The minimum atomic E-state index is 0.171. The van der Waals surface area contributed by atoms with Gasteiger partial charge in [-0.3, -0.25) is 0 Å². The third kappa shape index (κ3) is 2.74. The number of imidazole rings is 1. The molecule has 4 heteroatoms. The van der Waals surface area contributed by atoms with Gasteiger partial charge in [0.05, 0.1) is 11.0 Å². The lowest BCUT2D eigenvalue weighted by Crippen LogP contribution is -2.02. The van der Waals surface area contributed by atoms with Gasteiger partial charge in [0.2, 0.25) is 0 Å². The summed E-state index contributed by atoms with van der Waals surface area (Å²) in [6, 6.07) is 12.0. The molecule has 0 unspecified atom stereocenters. The van der Waals surface area contributed by atoms with E-state index in [0.717, 1.165) is 29.0 Å². The Labute approximate surface area is 135 Å². The summed E-state index contributed by atoms with van der Waals surface area (Å²) in [5.74, 6) is 0.921. The lowest BCUT2D eigenvalue weighted by molar-refractivity contribution is 0.281. The van der Waals surface area contributed by atoms with Crippen molar-refractivity contribution in [2.75, 3.05) is 6.61 Å². The van der Waals surface area contributed by atoms with Crippen LogP contribution in [0.1, 0.15) is 17.5 Å². The summed E-state index contributed by atoms with van der Waals surface area (Å²) in [6.45, 7) is 5.13. The Kier molecular flexibility index (Phi) is 4.19. The fourth-order valence-electron chi connectivity index (χ4n) is 2.65. The van der Waals surface area contributed by atoms with Crippen LogP contribution >= 0.6 is 11.6 Å². The lowest BCUT2D eigenvalue weighted by atomic mass is 10.1. The summed E-state index contributed by atoms with van der Waals surface area (Å²) in [7, 11) is 0. The van der Waals surface area contributed by atoms with E-state index in [-0.39, 0.29) is 6.61 Å². The van der Waals surface area contributed by atoms with Crippen LogP contribution < -0.4 is 0 Å². The number of benzene rings is 2. The van der Waals surface area contributed by atoms with Gasteiger partial charge in [0.1, 0.15) is 5.82 Å². The predicted molar refractivity (Wildman–Crippen MR) is 91.4 cm³/mol. The maximum atomic E-state index is 9.18. The van der Waals surface area contributed by atoms with Gasteiger partial charge >= 0.3 is 0 Å². The highest BCUT2D eigenvalue weighted by molar-refractivity contribution is 6.30. The summed E-state index contributed by atoms with van der Waals surface area (Å²) in [5.41, 5.74) is 5.63. The smallest absolute Gasteiger partial charge is 0.141 e. The molecule has 1 N–H and O–H groups in total. The maximum absolute atomic E-state index is 9.18. The number of fused-ring (bicyclic) bond motifs is 1. The zero-order valence-electron chi connectivity index (χ0n) is 12.8. The molecule has 22 heavy (non-hydrogen) atoms. The van der Waals surface area contributed by atoms with Gasteiger partial charge in [0, 0.05) is 23.7 Å². The van der Waals surface area contributed by atoms with Crippen molar-refractivity contribution < 1.29 is 5.11 Å². The molecule has 3 nitrogen and oxygen atoms in total. The second-order valence-electron chi connectivity index (χ2n) is 5.60. The quantitative estimate of drug-likeness (QED) is 0.777. The Morgan fingerprint density at radius 2 is 1.77 bits per heavy atom. The van der Waals surface area contributed by atoms with Gasteiger partial charge in [0.15, 0.2) is 0 Å². The summed E-state index contributed by atoms with van der Waals surface area (Å²) in [5, 5.41) is 9.90. The Hall–Kier alpha value is -1.84. The first-order valence-corrected chi connectivity index (χ1v) is 7.82. The van der Waals surface area contributed by atoms with Gasteiger partial charge in [-0.05, 0) is 67.8 Å². The predicted octanol–water partition coefficient (Wildman–Crippen LogP) is 4.36. The van der Waals surface area contributed by atoms with Crippen LogP contribution in [0.5, 0.6) is 0 Å². The van der Waals surface area contributed by atoms with Crippen LogP contribution in [0.3, 0.4) is 0 Å². The van der Waals surface area contributed by atoms with Gasteiger partial charge in [-0.1, -0.05) is 11.6 Å². The van der Waals surface area contributed by atoms with Crippen molar-refractivity contribution in [3.05, 3.63) is 52.5 Å². The topological polar surface area (TPSA) is 38.0 Å². The second kappa shape index (κ2) is 6.11. The van der Waals surface area contributed by atoms with Crippen molar-refractivity contribution >= 4 is 22.6 Å². The normalized spacial score (nSPS) is 11.3. The number of aryl methyl sites for hydroxylation is 3. The molecule has 0 aliphatic heterocycles. The number of nitrogens with zero attached hydrogens (tertiary/aromatic N) is 2. The third-order valence-corrected chi connectivity index (χ3v) is 4.26. The molecule has 0 atom stereocenters. The Bertz CT molecular complexity index is 806. The number of rotatable bonds is 4. The number of hydrogen-bond acceptors (Lipinski definition) is 2. The van der Waals surface area contributed by atoms with Crippen molar-refractivity contribution in [3.63, 3.8) is 0 Å². The number of aromatic nitrogens is 2. The molecule has 1 aromatic heterocycles. The summed E-state index contributed by atoms with van der Waals surface area (Å²) < 4.78 is 2.18. The second-order valence-corrected chi connectivity index (χ2v) is 6.03. The maximum Gasteiger partial charge on any atom is 0.141 e. The van der Waals surface area contributed by atoms with Crippen molar-refractivity contribution in [3.8, 4) is 11.4 Å². The lowest BCUT2D eigenvalue weighted by Gasteiger charge is -2.09. The summed E-state index contributed by atoms with van der Waals surface area (Å²) in [4.78, 5) is 4.81. The zero-order chi connectivity index (χ0) is 15.7. The van der Waals surface area contributed by atoms with E-state index >= 15 is 0 Å². The fourth-order valence-corrected chi connectivity index (χ4v) is 2.78. The molecule has 0 aliphatic rings. The SMILES string of the molecule is Cc1cc2nc(-c3ccc(Cl)cc3)n(CCCO)c2cc1C. The van der Waals surface area contributed by atoms with Crippen LogP contribution in [0.2, 0.25) is 5.02 Å². The van der Waals surface area contributed by atoms with E-state index in [4.69, 9.17) is 16.6 Å². The fraction of sp³-hybridized carbons (Fsp3) is 0.278. The Morgan fingerprint density at radius 1 is 1.09 bits per heavy atom. The standard InChI is InChI=1S/C18H19ClN2O/c1-12-10-16-17(11-13(12)2)21(8-3-9-22)18(20-16)14-4-6-15(19)7-5-14/h4-7,10-11,22H,3,8-9H2,1-2H3. The highest BCUT2D eigenvalue weighted by Gasteiger charge is 2.13. The van der Waals surface area contributed by atoms with Gasteiger partial charge in [-0.2, -0.15) is 0 Å². The van der Waals surface area contributed by atoms with E-state index in [1.165, 1.54) is 11.1 Å². The number of hydrogen-bond donors (Lipinski definition) is 1. The van der Waals surface area contributed by atoms with E-state index in [1.807, 2.05) is 24.3 Å². The number of aliphatic hydroxyl groups excluding tert-OH is 1. The minimum absolute atomic E-state index is 0.171. The Morgan fingerprint density at radius 3 is 2.45 bits per heavy atom. The Balaban J connectivity index is 2.21. The third-order valence-electron chi connectivity index (χ3n) is 4.01. The van der Waals surface area contributed by atoms with E-state index < -0.39 is 0 Å². The molecule has 0 aliphatic carbocycles. The molecule has 0 spiro atoms. The first-order valence-electron chi connectivity index (χ1n) is 7.44. The highest BCUT2D eigenvalue weighted by Crippen LogP contribution is 2.28. The summed E-state index contributed by atoms with van der Waals surface area (Å²) >= 11 is 5.98. The van der Waals surface area contributed by atoms with Crippen LogP contribution in [-0.4, -0.2) is 21.3 Å². The van der Waals surface area contributed by atoms with Crippen LogP contribution in [0.15, 0.2) is 36.4 Å². The zero-order valence-corrected chi connectivity index (χ0v) is 13.6. The molecule has 3 rings (SSSR count). The van der Waals surface area contributed by atoms with Gasteiger partial charge in [-0.15, -0.1) is 0 Å². The highest BCUT2D eigenvalue weighted by atomic mass is 35.5. The van der Waals surface area contributed by atoms with Crippen LogP contribution in [-0.2, 0) is 6.54 Å². The molecule has 0 radical (unpaired) electrons. The minimum Gasteiger partial charge on any atom is -0.396 e. The van der Waals surface area contributed by atoms with E-state index in [1.54, 1.807) is 0 Å². The van der Waals surface area contributed by atoms with Crippen molar-refractivity contribution in [1.29, 1.82) is 0 Å². The largest absolute Gasteiger partial charge is 0.396 e. The molecular weight excluding hydrogens is 296 g/mol. The molecular formula is C18H19ClN2O. The molecule has 2 aromatic carbocycles. The van der Waals surface area contributed by atoms with E-state index in [0.29, 0.717) is 11.4 Å². The number of aliphatic hydroxyl groups is 1. The first kappa shape index (κ1) is 15.1. The van der Waals surface area contributed by atoms with Crippen molar-refractivity contribution in [1.82, 2.24) is 9.55 Å². The molecule has 0 fully saturated rings. The van der Waals surface area contributed by atoms with Crippen LogP contribution in [0.4, 0.5) is 0 Å². The molecule has 0 saturated carbocycles. The number of halogens is 1. The molecule has 3 aromatic rings. The van der Waals surface area contributed by atoms with Gasteiger partial charge in [-0.25, -0.2) is 4.98 Å². The van der Waals surface area contributed by atoms with Gasteiger partial charge < -0.3 is 9.67 Å². The molecule has 0 bridgehead atoms.